The van der Waals surface area contributed by atoms with Crippen molar-refractivity contribution in [1.29, 1.82) is 0 Å². The molecule has 0 radical (unpaired) electrons. The van der Waals surface area contributed by atoms with Gasteiger partial charge in [-0.1, -0.05) is 11.9 Å². The Bertz CT molecular complexity index is 1050. The summed E-state index contributed by atoms with van der Waals surface area (Å²) < 4.78 is 51.3. The van der Waals surface area contributed by atoms with Crippen molar-refractivity contribution in [1.82, 2.24) is 35.4 Å². The number of hydrogen-bond donors (Lipinski definition) is 4. The minimum atomic E-state index is -4.15. The lowest BCUT2D eigenvalue weighted by molar-refractivity contribution is -0.190. The molecule has 5 fully saturated rings. The lowest BCUT2D eigenvalue weighted by Crippen LogP contribution is -2.60. The fourth-order valence-electron chi connectivity index (χ4n) is 7.85. The molecule has 4 aliphatic heterocycles. The molecule has 4 N–H and O–H groups in total. The van der Waals surface area contributed by atoms with E-state index in [2.05, 4.69) is 51.4 Å². The summed E-state index contributed by atoms with van der Waals surface area (Å²) in [6.07, 6.45) is 8.01. The molecule has 0 aromatic carbocycles. The number of nitrogens with zero attached hydrogens (tertiary/aromatic N) is 3. The zero-order valence-corrected chi connectivity index (χ0v) is 26.2. The predicted molar refractivity (Wildman–Crippen MR) is 160 cm³/mol. The number of aromatic nitrogens is 2. The van der Waals surface area contributed by atoms with Crippen molar-refractivity contribution in [2.24, 2.45) is 17.3 Å². The van der Waals surface area contributed by atoms with Crippen molar-refractivity contribution >= 4 is 11.9 Å². The number of halogens is 3. The zero-order valence-electron chi connectivity index (χ0n) is 25.4. The molecule has 0 spiro atoms. The second kappa shape index (κ2) is 12.4. The number of nitrogens with one attached hydrogen (secondary N) is 4. The van der Waals surface area contributed by atoms with Gasteiger partial charge in [-0.2, -0.15) is 13.2 Å². The molecule has 1 saturated carbocycles. The molecular weight excluding hydrogens is 563 g/mol. The summed E-state index contributed by atoms with van der Waals surface area (Å²) in [6.45, 7) is 9.18. The molecule has 238 valence electrons. The van der Waals surface area contributed by atoms with Crippen molar-refractivity contribution in [3.8, 4) is 5.88 Å². The zero-order chi connectivity index (χ0) is 29.5. The van der Waals surface area contributed by atoms with Crippen LogP contribution in [0.1, 0.15) is 97.6 Å². The molecule has 5 aliphatic rings. The number of piperidine rings is 2. The molecule has 8 unspecified atom stereocenters. The Balaban J connectivity index is 1.12. The van der Waals surface area contributed by atoms with Gasteiger partial charge in [-0.15, -0.1) is 5.10 Å². The van der Waals surface area contributed by atoms with Gasteiger partial charge < -0.3 is 4.74 Å². The largest absolute Gasteiger partial charge is 0.477 e. The molecule has 4 bridgehead atoms. The number of hydrogen-bond acceptors (Lipinski definition) is 8. The van der Waals surface area contributed by atoms with Gasteiger partial charge in [-0.05, 0) is 97.3 Å². The van der Waals surface area contributed by atoms with E-state index in [0.717, 1.165) is 25.9 Å². The topological polar surface area (TPSA) is 78.4 Å². The van der Waals surface area contributed by atoms with Gasteiger partial charge in [0.1, 0.15) is 6.17 Å². The first kappa shape index (κ1) is 31.0. The summed E-state index contributed by atoms with van der Waals surface area (Å²) in [5.74, 6) is 1.53. The Kier molecular flexibility index (Phi) is 9.13. The van der Waals surface area contributed by atoms with Gasteiger partial charge in [-0.25, -0.2) is 0 Å². The highest BCUT2D eigenvalue weighted by atomic mass is 32.2. The van der Waals surface area contributed by atoms with E-state index in [1.165, 1.54) is 38.5 Å². The smallest absolute Gasteiger partial charge is 0.394 e. The minimum Gasteiger partial charge on any atom is -0.477 e. The highest BCUT2D eigenvalue weighted by Gasteiger charge is 2.62. The van der Waals surface area contributed by atoms with Crippen molar-refractivity contribution in [2.45, 2.75) is 133 Å². The van der Waals surface area contributed by atoms with Gasteiger partial charge in [-0.3, -0.25) is 30.3 Å². The highest BCUT2D eigenvalue weighted by Crippen LogP contribution is 2.59. The average molecular weight is 614 g/mol. The van der Waals surface area contributed by atoms with E-state index in [1.807, 2.05) is 22.8 Å². The van der Waals surface area contributed by atoms with Gasteiger partial charge in [0.2, 0.25) is 5.88 Å². The van der Waals surface area contributed by atoms with Gasteiger partial charge in [0.05, 0.1) is 29.7 Å². The fourth-order valence-corrected chi connectivity index (χ4v) is 8.88. The highest BCUT2D eigenvalue weighted by molar-refractivity contribution is 7.98. The van der Waals surface area contributed by atoms with Crippen LogP contribution in [0.25, 0.3) is 0 Å². The molecule has 42 heavy (non-hydrogen) atoms. The van der Waals surface area contributed by atoms with Crippen molar-refractivity contribution < 1.29 is 17.9 Å². The molecule has 12 heteroatoms. The maximum absolute atomic E-state index is 13.3. The predicted octanol–water partition coefficient (Wildman–Crippen LogP) is 5.35. The van der Waals surface area contributed by atoms with E-state index >= 15 is 0 Å². The lowest BCUT2D eigenvalue weighted by Gasteiger charge is -2.47. The third-order valence-corrected chi connectivity index (χ3v) is 11.6. The minimum absolute atomic E-state index is 0.00309. The van der Waals surface area contributed by atoms with E-state index in [1.54, 1.807) is 6.07 Å². The van der Waals surface area contributed by atoms with Crippen LogP contribution in [0.5, 0.6) is 5.88 Å². The molecule has 6 rings (SSSR count). The Morgan fingerprint density at radius 1 is 1.07 bits per heavy atom. The molecule has 5 heterocycles. The van der Waals surface area contributed by atoms with Crippen LogP contribution >= 0.6 is 11.9 Å². The number of ether oxygens (including phenoxy) is 1. The summed E-state index contributed by atoms with van der Waals surface area (Å²) in [6, 6.07) is 2.27. The number of rotatable bonds is 5. The van der Waals surface area contributed by atoms with E-state index in [0.29, 0.717) is 35.3 Å². The first-order chi connectivity index (χ1) is 20.0. The van der Waals surface area contributed by atoms with Crippen LogP contribution in [0.4, 0.5) is 13.2 Å². The van der Waals surface area contributed by atoms with Gasteiger partial charge in [0.15, 0.2) is 0 Å². The molecule has 4 saturated heterocycles. The van der Waals surface area contributed by atoms with Crippen molar-refractivity contribution in [3.05, 3.63) is 12.3 Å². The Labute approximate surface area is 253 Å². The van der Waals surface area contributed by atoms with Crippen molar-refractivity contribution in [2.75, 3.05) is 19.7 Å². The SMILES string of the molecule is CC1CCC2CN(C3NC(n4ccc(OCCC5(C(F)(F)F)CC5)n4)CCC3CNSC3CCCC(N1)N3)C(C)(C)C2. The molecule has 0 amide bonds. The molecular formula is C30H50F3N7OS. The second-order valence-corrected chi connectivity index (χ2v) is 15.4. The summed E-state index contributed by atoms with van der Waals surface area (Å²) >= 11 is 1.85. The second-order valence-electron chi connectivity index (χ2n) is 14.3. The molecule has 1 aromatic heterocycles. The molecule has 8 atom stereocenters. The van der Waals surface area contributed by atoms with Crippen LogP contribution < -0.4 is 25.4 Å². The molecule has 8 nitrogen and oxygen atoms in total. The third kappa shape index (κ3) is 6.93. The van der Waals surface area contributed by atoms with E-state index in [4.69, 9.17) is 4.74 Å². The Hall–Kier alpha value is -1.05. The van der Waals surface area contributed by atoms with Crippen LogP contribution in [-0.4, -0.2) is 69.8 Å². The fraction of sp³-hybridized carbons (Fsp3) is 0.900. The number of alkyl halides is 3. The quantitative estimate of drug-likeness (QED) is 0.331. The lowest BCUT2D eigenvalue weighted by atomic mass is 9.90. The van der Waals surface area contributed by atoms with Crippen LogP contribution in [-0.2, 0) is 0 Å². The van der Waals surface area contributed by atoms with E-state index in [-0.39, 0.29) is 43.7 Å². The Morgan fingerprint density at radius 3 is 2.69 bits per heavy atom. The summed E-state index contributed by atoms with van der Waals surface area (Å²) in [5.41, 5.74) is -1.45. The maximum atomic E-state index is 13.3. The Morgan fingerprint density at radius 2 is 1.90 bits per heavy atom. The normalized spacial score (nSPS) is 38.6. The van der Waals surface area contributed by atoms with Crippen LogP contribution in [0.2, 0.25) is 0 Å². The van der Waals surface area contributed by atoms with Gasteiger partial charge in [0.25, 0.3) is 0 Å². The maximum Gasteiger partial charge on any atom is 0.394 e. The first-order valence-corrected chi connectivity index (χ1v) is 17.1. The van der Waals surface area contributed by atoms with Crippen molar-refractivity contribution in [3.63, 3.8) is 0 Å². The standard InChI is InChI=1S/C30H50F3N7OS/c1-20-7-8-21-17-28(2,3)39(19-21)27-22(18-34-42-26-6-4-5-23(35-20)36-26)9-10-24(37-27)40-15-11-25(38-40)41-16-14-29(12-13-29)30(31,32)33/h11,15,20-24,26-27,34-37H,4-10,12-14,16-19H2,1-3H3. The first-order valence-electron chi connectivity index (χ1n) is 16.2. The van der Waals surface area contributed by atoms with Crippen LogP contribution in [0, 0.1) is 17.3 Å². The van der Waals surface area contributed by atoms with E-state index in [9.17, 15) is 13.2 Å². The average Bonchev–Trinajstić information content (AvgIpc) is 3.48. The number of fused-ring (bicyclic) bond motifs is 6. The van der Waals surface area contributed by atoms with Gasteiger partial charge in [0, 0.05) is 42.9 Å². The monoisotopic (exact) mass is 613 g/mol. The molecule has 1 aliphatic carbocycles. The van der Waals surface area contributed by atoms with Crippen LogP contribution in [0.15, 0.2) is 12.3 Å². The molecule has 1 aromatic rings. The van der Waals surface area contributed by atoms with Gasteiger partial charge >= 0.3 is 6.18 Å². The third-order valence-electron chi connectivity index (χ3n) is 10.6. The van der Waals surface area contributed by atoms with Crippen LogP contribution in [0.3, 0.4) is 0 Å². The van der Waals surface area contributed by atoms with E-state index < -0.39 is 11.6 Å². The summed E-state index contributed by atoms with van der Waals surface area (Å²) in [5, 5.41) is 16.7. The summed E-state index contributed by atoms with van der Waals surface area (Å²) in [7, 11) is 0. The summed E-state index contributed by atoms with van der Waals surface area (Å²) in [4.78, 5) is 2.71.